The molecule has 6 atom stereocenters. The number of aliphatic hydroxyl groups is 4. The smallest absolute Gasteiger partial charge is 0.239 e. The first-order valence-corrected chi connectivity index (χ1v) is 11.2. The van der Waals surface area contributed by atoms with Crippen molar-refractivity contribution in [1.82, 2.24) is 9.78 Å². The number of halogens is 1. The molecule has 0 spiro atoms. The summed E-state index contributed by atoms with van der Waals surface area (Å²) in [6.07, 6.45) is -5.45. The van der Waals surface area contributed by atoms with Gasteiger partial charge in [0.2, 0.25) is 12.2 Å². The van der Waals surface area contributed by atoms with E-state index in [2.05, 4.69) is 5.10 Å². The van der Waals surface area contributed by atoms with Gasteiger partial charge in [-0.25, -0.2) is 4.39 Å². The van der Waals surface area contributed by atoms with Gasteiger partial charge in [0, 0.05) is 24.3 Å². The van der Waals surface area contributed by atoms with Gasteiger partial charge in [-0.2, -0.15) is 0 Å². The molecule has 0 bridgehead atoms. The van der Waals surface area contributed by atoms with Gasteiger partial charge in [0.25, 0.3) is 0 Å². The maximum absolute atomic E-state index is 14.8. The Kier molecular flexibility index (Phi) is 7.32. The molecule has 2 aliphatic heterocycles. The van der Waals surface area contributed by atoms with Crippen molar-refractivity contribution < 1.29 is 39.0 Å². The molecule has 182 valence electrons. The van der Waals surface area contributed by atoms with E-state index in [0.717, 1.165) is 24.1 Å². The van der Waals surface area contributed by atoms with Crippen molar-refractivity contribution in [2.24, 2.45) is 0 Å². The molecule has 2 fully saturated rings. The molecule has 1 unspecified atom stereocenters. The fraction of sp³-hybridized carbons (Fsp3) is 0.609. The van der Waals surface area contributed by atoms with E-state index < -0.39 is 37.3 Å². The monoisotopic (exact) mass is 466 g/mol. The van der Waals surface area contributed by atoms with Crippen molar-refractivity contribution in [1.29, 1.82) is 0 Å². The molecular weight excluding hydrogens is 435 g/mol. The minimum absolute atomic E-state index is 0.0109. The lowest BCUT2D eigenvalue weighted by atomic mass is 9.99. The number of rotatable bonds is 7. The van der Waals surface area contributed by atoms with E-state index in [1.54, 1.807) is 10.7 Å². The Morgan fingerprint density at radius 2 is 2.00 bits per heavy atom. The maximum atomic E-state index is 14.8. The molecule has 0 aliphatic carbocycles. The number of hydrogen-bond acceptors (Lipinski definition) is 8. The Hall–Kier alpha value is -2.08. The van der Waals surface area contributed by atoms with Crippen molar-refractivity contribution in [2.45, 2.75) is 69.9 Å². The van der Waals surface area contributed by atoms with Crippen LogP contribution in [0.1, 0.15) is 41.8 Å². The van der Waals surface area contributed by atoms with Crippen molar-refractivity contribution in [3.8, 4) is 5.88 Å². The molecule has 9 nitrogen and oxygen atoms in total. The lowest BCUT2D eigenvalue weighted by Crippen LogP contribution is -2.60. The Labute approximate surface area is 191 Å². The van der Waals surface area contributed by atoms with Gasteiger partial charge in [-0.05, 0) is 37.0 Å². The quantitative estimate of drug-likeness (QED) is 0.468. The average Bonchev–Trinajstić information content (AvgIpc) is 3.44. The summed E-state index contributed by atoms with van der Waals surface area (Å²) in [5, 5.41) is 44.6. The molecule has 3 heterocycles. The highest BCUT2D eigenvalue weighted by Gasteiger charge is 2.45. The number of aryl methyl sites for hydroxylation is 1. The molecule has 4 rings (SSSR count). The van der Waals surface area contributed by atoms with Crippen molar-refractivity contribution >= 4 is 0 Å². The second-order valence-electron chi connectivity index (χ2n) is 8.60. The molecule has 1 aromatic carbocycles. The number of benzene rings is 1. The van der Waals surface area contributed by atoms with Gasteiger partial charge in [-0.3, -0.25) is 4.68 Å². The van der Waals surface area contributed by atoms with Crippen LogP contribution >= 0.6 is 0 Å². The van der Waals surface area contributed by atoms with Crippen LogP contribution in [0.4, 0.5) is 4.39 Å². The van der Waals surface area contributed by atoms with E-state index in [1.165, 1.54) is 6.07 Å². The van der Waals surface area contributed by atoms with Crippen LogP contribution < -0.4 is 4.74 Å². The predicted octanol–water partition coefficient (Wildman–Crippen LogP) is 0.624. The van der Waals surface area contributed by atoms with Crippen LogP contribution in [0.3, 0.4) is 0 Å². The maximum Gasteiger partial charge on any atom is 0.239 e. The predicted molar refractivity (Wildman–Crippen MR) is 114 cm³/mol. The van der Waals surface area contributed by atoms with E-state index in [4.69, 9.17) is 14.2 Å². The zero-order chi connectivity index (χ0) is 23.7. The molecule has 0 saturated carbocycles. The summed E-state index contributed by atoms with van der Waals surface area (Å²) >= 11 is 0. The van der Waals surface area contributed by atoms with Crippen LogP contribution in [0.2, 0.25) is 0 Å². The Balaban J connectivity index is 1.67. The minimum Gasteiger partial charge on any atom is -0.443 e. The van der Waals surface area contributed by atoms with Crippen molar-refractivity contribution in [3.63, 3.8) is 0 Å². The largest absolute Gasteiger partial charge is 0.443 e. The van der Waals surface area contributed by atoms with Crippen LogP contribution in [-0.4, -0.2) is 80.7 Å². The number of nitrogens with zero attached hydrogens (tertiary/aromatic N) is 2. The summed E-state index contributed by atoms with van der Waals surface area (Å²) in [5.41, 5.74) is 2.74. The standard InChI is InChI=1S/C23H31FN2O7/c1-3-13-4-5-14(17(24)8-13)9-16-12(2)26(15-6-7-31-11-15)25-22(16)33-23-21(30)20(29)19(28)18(10-27)32-23/h4-5,8,15,18-21,23,27-30H,3,6-7,9-11H2,1-2H3/t15?,18-,19-,20+,21-,23+/m1/s1. The molecule has 33 heavy (non-hydrogen) atoms. The lowest BCUT2D eigenvalue weighted by molar-refractivity contribution is -0.278. The highest BCUT2D eigenvalue weighted by Crippen LogP contribution is 2.32. The van der Waals surface area contributed by atoms with Crippen LogP contribution in [0.5, 0.6) is 5.88 Å². The van der Waals surface area contributed by atoms with E-state index in [0.29, 0.717) is 24.3 Å². The first-order chi connectivity index (χ1) is 15.8. The highest BCUT2D eigenvalue weighted by atomic mass is 19.1. The molecule has 2 aromatic rings. The normalized spacial score (nSPS) is 30.0. The summed E-state index contributed by atoms with van der Waals surface area (Å²) < 4.78 is 33.4. The summed E-state index contributed by atoms with van der Waals surface area (Å²) in [6.45, 7) is 4.34. The minimum atomic E-state index is -1.57. The molecule has 0 radical (unpaired) electrons. The van der Waals surface area contributed by atoms with Gasteiger partial charge < -0.3 is 34.6 Å². The number of hydrogen-bond donors (Lipinski definition) is 4. The van der Waals surface area contributed by atoms with E-state index in [-0.39, 0.29) is 24.2 Å². The average molecular weight is 467 g/mol. The molecule has 10 heteroatoms. The second-order valence-corrected chi connectivity index (χ2v) is 8.60. The molecule has 1 aromatic heterocycles. The third kappa shape index (κ3) is 4.77. The van der Waals surface area contributed by atoms with Gasteiger partial charge in [0.15, 0.2) is 0 Å². The third-order valence-electron chi connectivity index (χ3n) is 6.46. The van der Waals surface area contributed by atoms with Crippen LogP contribution in [0.25, 0.3) is 0 Å². The summed E-state index contributed by atoms with van der Waals surface area (Å²) in [6, 6.07) is 5.11. The van der Waals surface area contributed by atoms with Crippen LogP contribution in [0.15, 0.2) is 18.2 Å². The van der Waals surface area contributed by atoms with Gasteiger partial charge in [-0.1, -0.05) is 19.1 Å². The Bertz CT molecular complexity index is 961. The van der Waals surface area contributed by atoms with E-state index >= 15 is 0 Å². The first-order valence-electron chi connectivity index (χ1n) is 11.2. The van der Waals surface area contributed by atoms with Gasteiger partial charge in [0.05, 0.1) is 19.3 Å². The Morgan fingerprint density at radius 3 is 2.64 bits per heavy atom. The molecule has 2 saturated heterocycles. The SMILES string of the molecule is CCc1ccc(Cc2c(O[C@@H]3O[C@H](CO)[C@@H](O)[C@H](O)[C@H]3O)nn(C3CCOC3)c2C)c(F)c1. The molecular formula is C23H31FN2O7. The van der Waals surface area contributed by atoms with Crippen LogP contribution in [-0.2, 0) is 22.3 Å². The topological polar surface area (TPSA) is 126 Å². The summed E-state index contributed by atoms with van der Waals surface area (Å²) in [7, 11) is 0. The van der Waals surface area contributed by atoms with Crippen LogP contribution in [0, 0.1) is 12.7 Å². The fourth-order valence-corrected chi connectivity index (χ4v) is 4.31. The summed E-state index contributed by atoms with van der Waals surface area (Å²) in [5.74, 6) is -0.202. The number of ether oxygens (including phenoxy) is 3. The van der Waals surface area contributed by atoms with Crippen molar-refractivity contribution in [2.75, 3.05) is 19.8 Å². The fourth-order valence-electron chi connectivity index (χ4n) is 4.31. The number of aliphatic hydroxyl groups excluding tert-OH is 4. The van der Waals surface area contributed by atoms with E-state index in [1.807, 2.05) is 19.9 Å². The first kappa shape index (κ1) is 24.1. The van der Waals surface area contributed by atoms with Gasteiger partial charge in [-0.15, -0.1) is 5.10 Å². The lowest BCUT2D eigenvalue weighted by Gasteiger charge is -2.39. The zero-order valence-electron chi connectivity index (χ0n) is 18.7. The molecule has 2 aliphatic rings. The summed E-state index contributed by atoms with van der Waals surface area (Å²) in [4.78, 5) is 0. The zero-order valence-corrected chi connectivity index (χ0v) is 18.7. The van der Waals surface area contributed by atoms with Crippen molar-refractivity contribution in [3.05, 3.63) is 46.4 Å². The van der Waals surface area contributed by atoms with Gasteiger partial charge in [0.1, 0.15) is 30.2 Å². The molecule has 0 amide bonds. The Morgan fingerprint density at radius 1 is 1.21 bits per heavy atom. The molecule has 4 N–H and O–H groups in total. The third-order valence-corrected chi connectivity index (χ3v) is 6.46. The van der Waals surface area contributed by atoms with E-state index in [9.17, 15) is 24.8 Å². The number of aromatic nitrogens is 2. The van der Waals surface area contributed by atoms with Gasteiger partial charge >= 0.3 is 0 Å². The highest BCUT2D eigenvalue weighted by molar-refractivity contribution is 5.38. The second kappa shape index (κ2) is 10.0.